The van der Waals surface area contributed by atoms with E-state index in [0.29, 0.717) is 84.9 Å². The molecule has 12 heteroatoms. The second-order valence-corrected chi connectivity index (χ2v) is 8.29. The fourth-order valence-corrected chi connectivity index (χ4v) is 4.04. The number of methoxy groups -OCH3 is 3. The highest BCUT2D eigenvalue weighted by Crippen LogP contribution is 2.40. The first-order valence-corrected chi connectivity index (χ1v) is 11.5. The van der Waals surface area contributed by atoms with E-state index in [1.165, 1.54) is 7.11 Å². The average Bonchev–Trinajstić information content (AvgIpc) is 3.57. The molecule has 0 saturated carbocycles. The van der Waals surface area contributed by atoms with Crippen LogP contribution in [0.25, 0.3) is 11.3 Å². The molecule has 36 heavy (non-hydrogen) atoms. The normalized spacial score (nSPS) is 13.9. The number of carbonyl (C=O) groups is 2. The maximum Gasteiger partial charge on any atom is 0.276 e. The Hall–Kier alpha value is -4.06. The Labute approximate surface area is 208 Å². The molecule has 1 fully saturated rings. The molecular formula is C24H30N6O6. The summed E-state index contributed by atoms with van der Waals surface area (Å²) in [4.78, 5) is 29.1. The summed E-state index contributed by atoms with van der Waals surface area (Å²) in [6, 6.07) is 6.86. The average molecular weight is 499 g/mol. The lowest BCUT2D eigenvalue weighted by Crippen LogP contribution is -2.50. The molecule has 3 heterocycles. The number of rotatable bonds is 9. The van der Waals surface area contributed by atoms with Gasteiger partial charge < -0.3 is 29.0 Å². The second-order valence-electron chi connectivity index (χ2n) is 8.29. The van der Waals surface area contributed by atoms with Crippen molar-refractivity contribution in [2.75, 3.05) is 60.6 Å². The van der Waals surface area contributed by atoms with Crippen LogP contribution in [0.3, 0.4) is 0 Å². The van der Waals surface area contributed by atoms with Crippen molar-refractivity contribution in [3.63, 3.8) is 0 Å². The molecule has 2 N–H and O–H groups in total. The molecular weight excluding hydrogens is 468 g/mol. The van der Waals surface area contributed by atoms with E-state index in [4.69, 9.17) is 18.7 Å². The van der Waals surface area contributed by atoms with Crippen molar-refractivity contribution in [3.8, 4) is 28.5 Å². The smallest absolute Gasteiger partial charge is 0.276 e. The third kappa shape index (κ3) is 5.43. The minimum Gasteiger partial charge on any atom is -0.493 e. The summed E-state index contributed by atoms with van der Waals surface area (Å²) in [6.07, 6.45) is 0. The van der Waals surface area contributed by atoms with E-state index in [1.54, 1.807) is 50.3 Å². The Bertz CT molecular complexity index is 1190. The summed E-state index contributed by atoms with van der Waals surface area (Å²) in [5, 5.41) is 13.8. The van der Waals surface area contributed by atoms with Crippen molar-refractivity contribution in [2.24, 2.45) is 0 Å². The number of hydrogen-bond donors (Lipinski definition) is 2. The van der Waals surface area contributed by atoms with E-state index in [-0.39, 0.29) is 11.8 Å². The van der Waals surface area contributed by atoms with E-state index < -0.39 is 0 Å². The van der Waals surface area contributed by atoms with Gasteiger partial charge >= 0.3 is 0 Å². The lowest BCUT2D eigenvalue weighted by atomic mass is 10.1. The highest BCUT2D eigenvalue weighted by Gasteiger charge is 2.24. The molecule has 1 aliphatic rings. The molecule has 1 saturated heterocycles. The van der Waals surface area contributed by atoms with Crippen LogP contribution in [0.15, 0.2) is 28.8 Å². The summed E-state index contributed by atoms with van der Waals surface area (Å²) in [6.45, 7) is 5.52. The third-order valence-electron chi connectivity index (χ3n) is 6.00. The maximum atomic E-state index is 12.6. The number of aromatic nitrogens is 3. The van der Waals surface area contributed by atoms with Gasteiger partial charge in [0.1, 0.15) is 11.5 Å². The molecule has 0 aliphatic carbocycles. The van der Waals surface area contributed by atoms with Crippen LogP contribution in [-0.2, 0) is 0 Å². The molecule has 2 aromatic heterocycles. The molecule has 3 aromatic rings. The van der Waals surface area contributed by atoms with E-state index >= 15 is 0 Å². The first kappa shape index (κ1) is 25.0. The van der Waals surface area contributed by atoms with Gasteiger partial charge in [-0.25, -0.2) is 0 Å². The molecule has 0 spiro atoms. The zero-order chi connectivity index (χ0) is 25.7. The molecule has 0 atom stereocenters. The van der Waals surface area contributed by atoms with Crippen LogP contribution >= 0.6 is 0 Å². The van der Waals surface area contributed by atoms with Crippen LogP contribution in [0.2, 0.25) is 0 Å². The van der Waals surface area contributed by atoms with Crippen molar-refractivity contribution < 1.29 is 28.3 Å². The summed E-state index contributed by atoms with van der Waals surface area (Å²) >= 11 is 0. The largest absolute Gasteiger partial charge is 0.493 e. The lowest BCUT2D eigenvalue weighted by Gasteiger charge is -2.34. The van der Waals surface area contributed by atoms with Gasteiger partial charge in [-0.2, -0.15) is 5.10 Å². The number of carbonyl (C=O) groups excluding carboxylic acids is 2. The topological polar surface area (TPSA) is 135 Å². The summed E-state index contributed by atoms with van der Waals surface area (Å²) in [5.74, 6) is 1.72. The Morgan fingerprint density at radius 2 is 1.72 bits per heavy atom. The summed E-state index contributed by atoms with van der Waals surface area (Å²) < 4.78 is 21.1. The Kier molecular flexibility index (Phi) is 7.74. The number of piperazine rings is 1. The molecule has 192 valence electrons. The van der Waals surface area contributed by atoms with Crippen LogP contribution in [0.4, 0.5) is 0 Å². The SMILES string of the molecule is COc1cc(-c2cc(C(=O)NCCN3CCN(C(=O)c4cc(C)on4)CC3)[nH]n2)cc(OC)c1OC. The lowest BCUT2D eigenvalue weighted by molar-refractivity contribution is 0.0628. The van der Waals surface area contributed by atoms with Gasteiger partial charge in [0, 0.05) is 50.9 Å². The first-order valence-electron chi connectivity index (χ1n) is 11.5. The van der Waals surface area contributed by atoms with Gasteiger partial charge in [-0.05, 0) is 25.1 Å². The van der Waals surface area contributed by atoms with Crippen LogP contribution in [0, 0.1) is 6.92 Å². The summed E-state index contributed by atoms with van der Waals surface area (Å²) in [5.41, 5.74) is 1.96. The number of nitrogens with one attached hydrogen (secondary N) is 2. The van der Waals surface area contributed by atoms with Crippen LogP contribution in [0.1, 0.15) is 26.7 Å². The Morgan fingerprint density at radius 1 is 1.03 bits per heavy atom. The number of H-pyrrole nitrogens is 1. The molecule has 1 aliphatic heterocycles. The van der Waals surface area contributed by atoms with Crippen molar-refractivity contribution in [3.05, 3.63) is 41.4 Å². The monoisotopic (exact) mass is 498 g/mol. The number of aromatic amines is 1. The fraction of sp³-hybridized carbons (Fsp3) is 0.417. The van der Waals surface area contributed by atoms with E-state index in [0.717, 1.165) is 0 Å². The van der Waals surface area contributed by atoms with Gasteiger partial charge in [-0.15, -0.1) is 0 Å². The van der Waals surface area contributed by atoms with Crippen molar-refractivity contribution in [2.45, 2.75) is 6.92 Å². The molecule has 0 radical (unpaired) electrons. The van der Waals surface area contributed by atoms with Gasteiger partial charge in [0.05, 0.1) is 27.0 Å². The fourth-order valence-electron chi connectivity index (χ4n) is 4.04. The number of nitrogens with zero attached hydrogens (tertiary/aromatic N) is 4. The molecule has 4 rings (SSSR count). The number of ether oxygens (including phenoxy) is 3. The van der Waals surface area contributed by atoms with Gasteiger partial charge in [-0.3, -0.25) is 19.6 Å². The van der Waals surface area contributed by atoms with E-state index in [2.05, 4.69) is 25.6 Å². The number of amides is 2. The van der Waals surface area contributed by atoms with Crippen LogP contribution in [0.5, 0.6) is 17.2 Å². The minimum atomic E-state index is -0.253. The predicted octanol–water partition coefficient (Wildman–Crippen LogP) is 1.59. The predicted molar refractivity (Wildman–Crippen MR) is 130 cm³/mol. The number of aryl methyl sites for hydroxylation is 1. The highest BCUT2D eigenvalue weighted by molar-refractivity contribution is 5.93. The first-order chi connectivity index (χ1) is 17.4. The quantitative estimate of drug-likeness (QED) is 0.451. The van der Waals surface area contributed by atoms with Gasteiger partial charge in [-0.1, -0.05) is 5.16 Å². The highest BCUT2D eigenvalue weighted by atomic mass is 16.5. The minimum absolute atomic E-state index is 0.123. The van der Waals surface area contributed by atoms with Crippen molar-refractivity contribution in [1.82, 2.24) is 30.5 Å². The standard InChI is InChI=1S/C24H30N6O6/c1-15-11-19(28-36-15)24(32)30-9-7-29(8-10-30)6-5-25-23(31)18-14-17(26-27-18)16-12-20(33-2)22(35-4)21(13-16)34-3/h11-14H,5-10H2,1-4H3,(H,25,31)(H,26,27). The molecule has 0 bridgehead atoms. The van der Waals surface area contributed by atoms with Gasteiger partial charge in [0.25, 0.3) is 11.8 Å². The molecule has 1 aromatic carbocycles. The van der Waals surface area contributed by atoms with Crippen LogP contribution < -0.4 is 19.5 Å². The van der Waals surface area contributed by atoms with E-state index in [1.807, 2.05) is 0 Å². The van der Waals surface area contributed by atoms with Gasteiger partial charge in [0.2, 0.25) is 5.75 Å². The molecule has 0 unspecified atom stereocenters. The second kappa shape index (κ2) is 11.1. The summed E-state index contributed by atoms with van der Waals surface area (Å²) in [7, 11) is 4.62. The third-order valence-corrected chi connectivity index (χ3v) is 6.00. The van der Waals surface area contributed by atoms with Crippen molar-refractivity contribution >= 4 is 11.8 Å². The number of hydrogen-bond acceptors (Lipinski definition) is 9. The molecule has 12 nitrogen and oxygen atoms in total. The molecule has 2 amide bonds. The van der Waals surface area contributed by atoms with Gasteiger partial charge in [0.15, 0.2) is 17.2 Å². The number of benzene rings is 1. The van der Waals surface area contributed by atoms with Crippen LogP contribution in [-0.4, -0.2) is 97.6 Å². The zero-order valence-corrected chi connectivity index (χ0v) is 20.8. The Morgan fingerprint density at radius 3 is 2.31 bits per heavy atom. The van der Waals surface area contributed by atoms with Crippen molar-refractivity contribution in [1.29, 1.82) is 0 Å². The van der Waals surface area contributed by atoms with E-state index in [9.17, 15) is 9.59 Å². The maximum absolute atomic E-state index is 12.6. The Balaban J connectivity index is 1.28. The zero-order valence-electron chi connectivity index (χ0n) is 20.8.